The largest absolute Gasteiger partial charge is 0.263 e. The Morgan fingerprint density at radius 3 is 2.56 bits per heavy atom. The van der Waals surface area contributed by atoms with Crippen LogP contribution in [-0.2, 0) is 0 Å². The molecule has 0 bridgehead atoms. The fourth-order valence-corrected chi connectivity index (χ4v) is 1.63. The van der Waals surface area contributed by atoms with Crippen molar-refractivity contribution in [2.24, 2.45) is 0 Å². The smallest absolute Gasteiger partial charge is 0.101 e. The molecule has 0 spiro atoms. The summed E-state index contributed by atoms with van der Waals surface area (Å²) in [6.07, 6.45) is 5.01. The van der Waals surface area contributed by atoms with Gasteiger partial charge in [0, 0.05) is 23.5 Å². The summed E-state index contributed by atoms with van der Waals surface area (Å²) in [5.41, 5.74) is 3.37. The predicted octanol–water partition coefficient (Wildman–Crippen LogP) is 3.26. The highest BCUT2D eigenvalue weighted by molar-refractivity contribution is 5.77. The summed E-state index contributed by atoms with van der Waals surface area (Å²) in [5.74, 6) is 0. The fourth-order valence-electron chi connectivity index (χ4n) is 1.63. The Morgan fingerprint density at radius 2 is 1.94 bits per heavy atom. The summed E-state index contributed by atoms with van der Waals surface area (Å²) in [6.45, 7) is 3.75. The second-order valence-electron chi connectivity index (χ2n) is 3.33. The predicted molar refractivity (Wildman–Crippen MR) is 64.5 cm³/mol. The van der Waals surface area contributed by atoms with E-state index in [-0.39, 0.29) is 0 Å². The van der Waals surface area contributed by atoms with Crippen molar-refractivity contribution in [2.45, 2.75) is 0 Å². The summed E-state index contributed by atoms with van der Waals surface area (Å²) in [5, 5.41) is 8.98. The highest BCUT2D eigenvalue weighted by Crippen LogP contribution is 2.25. The van der Waals surface area contributed by atoms with Crippen molar-refractivity contribution in [1.82, 2.24) is 4.98 Å². The molecule has 0 atom stereocenters. The molecule has 1 aromatic heterocycles. The lowest BCUT2D eigenvalue weighted by atomic mass is 9.99. The quantitative estimate of drug-likeness (QED) is 0.756. The van der Waals surface area contributed by atoms with E-state index in [1.807, 2.05) is 30.3 Å². The number of nitriles is 1. The SMILES string of the molecule is C=Cc1c(C#N)cncc1-c1ccccc1. The Hall–Kier alpha value is -2.40. The first-order valence-electron chi connectivity index (χ1n) is 4.92. The number of hydrogen-bond donors (Lipinski definition) is 0. The number of nitrogens with zero attached hydrogens (tertiary/aromatic N) is 2. The number of hydrogen-bond acceptors (Lipinski definition) is 2. The molecule has 2 heteroatoms. The van der Waals surface area contributed by atoms with Crippen LogP contribution in [0, 0.1) is 11.3 Å². The zero-order chi connectivity index (χ0) is 11.4. The highest BCUT2D eigenvalue weighted by Gasteiger charge is 2.07. The van der Waals surface area contributed by atoms with Crippen LogP contribution in [-0.4, -0.2) is 4.98 Å². The van der Waals surface area contributed by atoms with Crippen molar-refractivity contribution in [3.05, 3.63) is 60.4 Å². The molecule has 16 heavy (non-hydrogen) atoms. The fraction of sp³-hybridized carbons (Fsp3) is 0. The summed E-state index contributed by atoms with van der Waals surface area (Å²) < 4.78 is 0. The van der Waals surface area contributed by atoms with Gasteiger partial charge in [-0.2, -0.15) is 5.26 Å². The highest BCUT2D eigenvalue weighted by atomic mass is 14.6. The third kappa shape index (κ3) is 1.71. The molecule has 2 rings (SSSR count). The molecule has 1 heterocycles. The molecule has 2 aromatic rings. The Balaban J connectivity index is 2.67. The van der Waals surface area contributed by atoms with Gasteiger partial charge in [0.25, 0.3) is 0 Å². The van der Waals surface area contributed by atoms with Crippen molar-refractivity contribution in [3.8, 4) is 17.2 Å². The van der Waals surface area contributed by atoms with Crippen molar-refractivity contribution in [2.75, 3.05) is 0 Å². The Morgan fingerprint density at radius 1 is 1.19 bits per heavy atom. The number of aromatic nitrogens is 1. The standard InChI is InChI=1S/C14H10N2/c1-2-13-12(8-15)9-16-10-14(13)11-6-4-3-5-7-11/h2-7,9-10H,1H2. The average molecular weight is 206 g/mol. The minimum Gasteiger partial charge on any atom is -0.263 e. The summed E-state index contributed by atoms with van der Waals surface area (Å²) in [6, 6.07) is 12.0. The zero-order valence-electron chi connectivity index (χ0n) is 8.72. The van der Waals surface area contributed by atoms with Crippen molar-refractivity contribution < 1.29 is 0 Å². The van der Waals surface area contributed by atoms with Gasteiger partial charge in [-0.3, -0.25) is 4.98 Å². The van der Waals surface area contributed by atoms with Gasteiger partial charge in [-0.05, 0) is 5.56 Å². The van der Waals surface area contributed by atoms with Gasteiger partial charge in [0.2, 0.25) is 0 Å². The van der Waals surface area contributed by atoms with E-state index in [9.17, 15) is 0 Å². The second kappa shape index (κ2) is 4.41. The molecule has 0 amide bonds. The number of rotatable bonds is 2. The maximum Gasteiger partial charge on any atom is 0.101 e. The van der Waals surface area contributed by atoms with Crippen molar-refractivity contribution >= 4 is 6.08 Å². The molecule has 0 aliphatic carbocycles. The van der Waals surface area contributed by atoms with Crippen LogP contribution in [0.3, 0.4) is 0 Å². The van der Waals surface area contributed by atoms with E-state index in [0.29, 0.717) is 5.56 Å². The summed E-state index contributed by atoms with van der Waals surface area (Å²) in [7, 11) is 0. The first kappa shape index (κ1) is 10.1. The molecule has 0 unspecified atom stereocenters. The van der Waals surface area contributed by atoms with E-state index in [1.54, 1.807) is 18.5 Å². The van der Waals surface area contributed by atoms with Crippen LogP contribution in [0.4, 0.5) is 0 Å². The van der Waals surface area contributed by atoms with Gasteiger partial charge in [0.1, 0.15) is 6.07 Å². The first-order valence-corrected chi connectivity index (χ1v) is 4.92. The van der Waals surface area contributed by atoms with E-state index in [1.165, 1.54) is 0 Å². The van der Waals surface area contributed by atoms with E-state index < -0.39 is 0 Å². The van der Waals surface area contributed by atoms with Crippen molar-refractivity contribution in [1.29, 1.82) is 5.26 Å². The van der Waals surface area contributed by atoms with Gasteiger partial charge >= 0.3 is 0 Å². The second-order valence-corrected chi connectivity index (χ2v) is 3.33. The molecular formula is C14H10N2. The molecule has 2 nitrogen and oxygen atoms in total. The van der Waals surface area contributed by atoms with Crippen LogP contribution >= 0.6 is 0 Å². The van der Waals surface area contributed by atoms with E-state index in [0.717, 1.165) is 16.7 Å². The van der Waals surface area contributed by atoms with Crippen LogP contribution in [0.25, 0.3) is 17.2 Å². The van der Waals surface area contributed by atoms with Gasteiger partial charge < -0.3 is 0 Å². The zero-order valence-corrected chi connectivity index (χ0v) is 8.72. The molecule has 1 aromatic carbocycles. The summed E-state index contributed by atoms with van der Waals surface area (Å²) >= 11 is 0. The molecule has 0 N–H and O–H groups in total. The lowest BCUT2D eigenvalue weighted by molar-refractivity contribution is 1.29. The van der Waals surface area contributed by atoms with Crippen LogP contribution in [0.15, 0.2) is 49.3 Å². The molecule has 0 aliphatic heterocycles. The minimum atomic E-state index is 0.552. The molecule has 0 saturated heterocycles. The van der Waals surface area contributed by atoms with Gasteiger partial charge in [-0.25, -0.2) is 0 Å². The van der Waals surface area contributed by atoms with E-state index in [2.05, 4.69) is 17.6 Å². The van der Waals surface area contributed by atoms with Crippen LogP contribution in [0.2, 0.25) is 0 Å². The van der Waals surface area contributed by atoms with E-state index >= 15 is 0 Å². The number of benzene rings is 1. The molecule has 0 aliphatic rings. The van der Waals surface area contributed by atoms with Gasteiger partial charge in [-0.1, -0.05) is 43.0 Å². The Bertz CT molecular complexity index is 551. The molecule has 0 saturated carbocycles. The average Bonchev–Trinajstić information content (AvgIpc) is 2.38. The van der Waals surface area contributed by atoms with Crippen molar-refractivity contribution in [3.63, 3.8) is 0 Å². The topological polar surface area (TPSA) is 36.7 Å². The molecular weight excluding hydrogens is 196 g/mol. The maximum atomic E-state index is 8.98. The Kier molecular flexibility index (Phi) is 2.79. The molecule has 0 fully saturated rings. The van der Waals surface area contributed by atoms with Gasteiger partial charge in [0.05, 0.1) is 5.56 Å². The Labute approximate surface area is 94.5 Å². The minimum absolute atomic E-state index is 0.552. The third-order valence-corrected chi connectivity index (χ3v) is 2.40. The lowest BCUT2D eigenvalue weighted by Crippen LogP contribution is -1.90. The maximum absolute atomic E-state index is 8.98. The van der Waals surface area contributed by atoms with Crippen LogP contribution in [0.1, 0.15) is 11.1 Å². The van der Waals surface area contributed by atoms with Gasteiger partial charge in [0.15, 0.2) is 0 Å². The summed E-state index contributed by atoms with van der Waals surface area (Å²) in [4.78, 5) is 4.07. The normalized spacial score (nSPS) is 9.44. The molecule has 76 valence electrons. The van der Waals surface area contributed by atoms with Crippen LogP contribution < -0.4 is 0 Å². The lowest BCUT2D eigenvalue weighted by Gasteiger charge is -2.06. The third-order valence-electron chi connectivity index (χ3n) is 2.40. The molecule has 0 radical (unpaired) electrons. The first-order chi connectivity index (χ1) is 7.86. The van der Waals surface area contributed by atoms with Crippen LogP contribution in [0.5, 0.6) is 0 Å². The number of pyridine rings is 1. The van der Waals surface area contributed by atoms with Gasteiger partial charge in [-0.15, -0.1) is 0 Å². The monoisotopic (exact) mass is 206 g/mol. The van der Waals surface area contributed by atoms with E-state index in [4.69, 9.17) is 5.26 Å².